The Labute approximate surface area is 162 Å². The summed E-state index contributed by atoms with van der Waals surface area (Å²) in [5, 5.41) is 9.21. The maximum absolute atomic E-state index is 13.1. The molecular formula is C18H17F3N6S. The molecule has 4 heterocycles. The normalized spacial score (nSPS) is 15.2. The van der Waals surface area contributed by atoms with Crippen LogP contribution in [0.4, 0.5) is 13.2 Å². The van der Waals surface area contributed by atoms with Gasteiger partial charge in [-0.1, -0.05) is 6.92 Å². The quantitative estimate of drug-likeness (QED) is 0.506. The number of aryl methyl sites for hydroxylation is 2. The van der Waals surface area contributed by atoms with Crippen LogP contribution in [-0.2, 0) is 19.1 Å². The van der Waals surface area contributed by atoms with Gasteiger partial charge >= 0.3 is 6.18 Å². The van der Waals surface area contributed by atoms with Gasteiger partial charge in [-0.2, -0.15) is 18.3 Å². The van der Waals surface area contributed by atoms with E-state index in [1.54, 1.807) is 22.2 Å². The highest BCUT2D eigenvalue weighted by molar-refractivity contribution is 7.18. The van der Waals surface area contributed by atoms with Crippen LogP contribution in [0.5, 0.6) is 0 Å². The number of nitrogens with zero attached hydrogens (tertiary/aromatic N) is 6. The number of hydrogen-bond acceptors (Lipinski definition) is 5. The van der Waals surface area contributed by atoms with Crippen LogP contribution in [0.15, 0.2) is 12.4 Å². The highest BCUT2D eigenvalue weighted by Crippen LogP contribution is 2.42. The molecule has 4 aromatic heterocycles. The Balaban J connectivity index is 1.59. The first-order valence-electron chi connectivity index (χ1n) is 9.12. The lowest BCUT2D eigenvalue weighted by atomic mass is 10.1. The van der Waals surface area contributed by atoms with Crippen molar-refractivity contribution in [1.82, 2.24) is 29.4 Å². The molecule has 0 bridgehead atoms. The van der Waals surface area contributed by atoms with Gasteiger partial charge in [0.15, 0.2) is 17.2 Å². The molecule has 0 spiro atoms. The third kappa shape index (κ3) is 2.78. The maximum Gasteiger partial charge on any atom is 0.435 e. The number of rotatable bonds is 4. The summed E-state index contributed by atoms with van der Waals surface area (Å²) in [5.41, 5.74) is 1.63. The Hall–Kier alpha value is -2.49. The number of aromatic nitrogens is 6. The lowest BCUT2D eigenvalue weighted by molar-refractivity contribution is -0.141. The van der Waals surface area contributed by atoms with Crippen molar-refractivity contribution >= 4 is 27.2 Å². The molecule has 0 unspecified atom stereocenters. The predicted molar refractivity (Wildman–Crippen MR) is 98.6 cm³/mol. The van der Waals surface area contributed by atoms with Crippen molar-refractivity contribution in [3.05, 3.63) is 40.0 Å². The zero-order chi connectivity index (χ0) is 19.6. The average Bonchev–Trinajstić information content (AvgIpc) is 3.10. The van der Waals surface area contributed by atoms with Crippen LogP contribution in [0.2, 0.25) is 0 Å². The van der Waals surface area contributed by atoms with E-state index in [1.807, 2.05) is 0 Å². The van der Waals surface area contributed by atoms with Crippen molar-refractivity contribution in [2.45, 2.75) is 51.7 Å². The van der Waals surface area contributed by atoms with Crippen molar-refractivity contribution in [2.75, 3.05) is 0 Å². The van der Waals surface area contributed by atoms with E-state index in [0.29, 0.717) is 17.2 Å². The van der Waals surface area contributed by atoms with Gasteiger partial charge in [0, 0.05) is 16.5 Å². The van der Waals surface area contributed by atoms with E-state index in [0.717, 1.165) is 35.5 Å². The Morgan fingerprint density at radius 3 is 2.71 bits per heavy atom. The fraction of sp³-hybridized carbons (Fsp3) is 0.444. The maximum atomic E-state index is 13.1. The average molecular weight is 406 g/mol. The van der Waals surface area contributed by atoms with Crippen molar-refractivity contribution in [3.8, 4) is 0 Å². The molecule has 1 fully saturated rings. The van der Waals surface area contributed by atoms with Crippen LogP contribution in [0.3, 0.4) is 0 Å². The van der Waals surface area contributed by atoms with E-state index in [-0.39, 0.29) is 12.5 Å². The molecule has 0 aliphatic heterocycles. The summed E-state index contributed by atoms with van der Waals surface area (Å²) in [5.74, 6) is 0.569. The molecule has 0 aromatic carbocycles. The van der Waals surface area contributed by atoms with E-state index < -0.39 is 11.9 Å². The summed E-state index contributed by atoms with van der Waals surface area (Å²) in [6.45, 7) is 4.25. The first kappa shape index (κ1) is 17.6. The Bertz CT molecular complexity index is 1200. The lowest BCUT2D eigenvalue weighted by Crippen LogP contribution is -2.10. The zero-order valence-corrected chi connectivity index (χ0v) is 16.1. The Morgan fingerprint density at radius 1 is 1.25 bits per heavy atom. The molecule has 28 heavy (non-hydrogen) atoms. The summed E-state index contributed by atoms with van der Waals surface area (Å²) in [7, 11) is 0. The van der Waals surface area contributed by atoms with Gasteiger partial charge in [-0.3, -0.25) is 4.68 Å². The van der Waals surface area contributed by atoms with E-state index in [2.05, 4.69) is 34.0 Å². The standard InChI is InChI=1S/C18H17F3N6S/c1-3-11-9(2)28-17-15(11)16-23-14(25-27(16)8-22-17)7-26-12(10-4-5-10)6-13(24-26)18(19,20)21/h6,8,10H,3-5,7H2,1-2H3. The number of fused-ring (bicyclic) bond motifs is 3. The number of alkyl halides is 3. The zero-order valence-electron chi connectivity index (χ0n) is 15.3. The minimum Gasteiger partial charge on any atom is -0.261 e. The Morgan fingerprint density at radius 2 is 2.04 bits per heavy atom. The molecule has 146 valence electrons. The van der Waals surface area contributed by atoms with Crippen molar-refractivity contribution in [3.63, 3.8) is 0 Å². The second-order valence-electron chi connectivity index (χ2n) is 7.10. The summed E-state index contributed by atoms with van der Waals surface area (Å²) in [4.78, 5) is 11.2. The van der Waals surface area contributed by atoms with Gasteiger partial charge in [0.05, 0.1) is 5.39 Å². The molecule has 0 radical (unpaired) electrons. The topological polar surface area (TPSA) is 60.9 Å². The van der Waals surface area contributed by atoms with Gasteiger partial charge in [-0.25, -0.2) is 14.5 Å². The minimum absolute atomic E-state index is 0.107. The van der Waals surface area contributed by atoms with Crippen molar-refractivity contribution in [1.29, 1.82) is 0 Å². The van der Waals surface area contributed by atoms with Gasteiger partial charge in [0.25, 0.3) is 0 Å². The molecule has 1 aliphatic carbocycles. The predicted octanol–water partition coefficient (Wildman–Crippen LogP) is 4.35. The monoisotopic (exact) mass is 406 g/mol. The van der Waals surface area contributed by atoms with Crippen LogP contribution >= 0.6 is 11.3 Å². The highest BCUT2D eigenvalue weighted by Gasteiger charge is 2.38. The van der Waals surface area contributed by atoms with Crippen LogP contribution < -0.4 is 0 Å². The smallest absolute Gasteiger partial charge is 0.261 e. The van der Waals surface area contributed by atoms with Crippen molar-refractivity contribution in [2.24, 2.45) is 0 Å². The van der Waals surface area contributed by atoms with Crippen LogP contribution in [0, 0.1) is 6.92 Å². The lowest BCUT2D eigenvalue weighted by Gasteiger charge is -2.03. The van der Waals surface area contributed by atoms with Gasteiger partial charge in [-0.15, -0.1) is 16.4 Å². The first-order valence-corrected chi connectivity index (χ1v) is 9.94. The summed E-state index contributed by atoms with van der Waals surface area (Å²) < 4.78 is 42.3. The van der Waals surface area contributed by atoms with Crippen LogP contribution in [0.1, 0.15) is 53.3 Å². The highest BCUT2D eigenvalue weighted by atomic mass is 32.1. The SMILES string of the molecule is CCc1c(C)sc2ncn3nc(Cn4nc(C(F)(F)F)cc4C4CC4)nc3c12. The molecule has 0 amide bonds. The van der Waals surface area contributed by atoms with Gasteiger partial charge in [0.2, 0.25) is 0 Å². The molecule has 0 saturated heterocycles. The number of thiophene rings is 1. The molecule has 4 aromatic rings. The first-order chi connectivity index (χ1) is 13.3. The largest absolute Gasteiger partial charge is 0.435 e. The molecular weight excluding hydrogens is 389 g/mol. The molecule has 0 N–H and O–H groups in total. The molecule has 1 aliphatic rings. The van der Waals surface area contributed by atoms with Gasteiger partial charge in [-0.05, 0) is 37.8 Å². The molecule has 1 saturated carbocycles. The second kappa shape index (κ2) is 6.00. The number of halogens is 3. The number of hydrogen-bond donors (Lipinski definition) is 0. The van der Waals surface area contributed by atoms with Crippen molar-refractivity contribution < 1.29 is 13.2 Å². The fourth-order valence-electron chi connectivity index (χ4n) is 3.64. The van der Waals surface area contributed by atoms with E-state index in [4.69, 9.17) is 0 Å². The summed E-state index contributed by atoms with van der Waals surface area (Å²) in [6, 6.07) is 1.16. The molecule has 6 nitrogen and oxygen atoms in total. The van der Waals surface area contributed by atoms with Gasteiger partial charge in [0.1, 0.15) is 17.7 Å². The third-order valence-corrected chi connectivity index (χ3v) is 6.17. The summed E-state index contributed by atoms with van der Waals surface area (Å²) >= 11 is 1.62. The minimum atomic E-state index is -4.46. The molecule has 10 heteroatoms. The van der Waals surface area contributed by atoms with E-state index >= 15 is 0 Å². The van der Waals surface area contributed by atoms with Crippen LogP contribution in [-0.4, -0.2) is 29.4 Å². The molecule has 5 rings (SSSR count). The van der Waals surface area contributed by atoms with Gasteiger partial charge < -0.3 is 0 Å². The third-order valence-electron chi connectivity index (χ3n) is 5.12. The van der Waals surface area contributed by atoms with E-state index in [9.17, 15) is 13.2 Å². The Kier molecular flexibility index (Phi) is 3.77. The fourth-order valence-corrected chi connectivity index (χ4v) is 4.72. The summed E-state index contributed by atoms with van der Waals surface area (Å²) in [6.07, 6.45) is -0.216. The second-order valence-corrected chi connectivity index (χ2v) is 8.30. The van der Waals surface area contributed by atoms with Crippen LogP contribution in [0.25, 0.3) is 15.9 Å². The molecule has 0 atom stereocenters. The van der Waals surface area contributed by atoms with E-state index in [1.165, 1.54) is 15.1 Å².